The molecule has 7 heteroatoms. The number of imidazole rings is 1. The standard InChI is InChI=1S/C8H10N4O2.K.H/c1-3-12-6-5(11(2)4-9-6)7(13)10-8(12)14;;/h4H,3H2,1-2H3,(H,10,13,14);;. The Balaban J connectivity index is 0.00000112. The first kappa shape index (κ1) is 12.9. The molecule has 0 aromatic carbocycles. The average Bonchev–Trinajstić information content (AvgIpc) is 2.49. The van der Waals surface area contributed by atoms with Crippen molar-refractivity contribution in [3.63, 3.8) is 0 Å². The zero-order valence-electron chi connectivity index (χ0n) is 7.94. The molecule has 2 aromatic rings. The zero-order chi connectivity index (χ0) is 10.3. The van der Waals surface area contributed by atoms with Gasteiger partial charge in [0.25, 0.3) is 5.56 Å². The maximum absolute atomic E-state index is 11.4. The zero-order valence-corrected chi connectivity index (χ0v) is 7.94. The minimum absolute atomic E-state index is 0. The SMILES string of the molecule is CCn1c(=O)[nH]c(=O)c2c1ncn2C.[KH]. The summed E-state index contributed by atoms with van der Waals surface area (Å²) in [5.41, 5.74) is 0.0496. The summed E-state index contributed by atoms with van der Waals surface area (Å²) in [5, 5.41) is 0. The molecule has 0 fully saturated rings. The molecule has 0 spiro atoms. The summed E-state index contributed by atoms with van der Waals surface area (Å²) in [5.74, 6) is 0. The van der Waals surface area contributed by atoms with Crippen LogP contribution in [-0.2, 0) is 13.6 Å². The molecule has 15 heavy (non-hydrogen) atoms. The van der Waals surface area contributed by atoms with Crippen LogP contribution in [0.1, 0.15) is 6.92 Å². The van der Waals surface area contributed by atoms with Gasteiger partial charge in [0.1, 0.15) is 0 Å². The van der Waals surface area contributed by atoms with Gasteiger partial charge in [-0.15, -0.1) is 0 Å². The third-order valence-electron chi connectivity index (χ3n) is 2.17. The third kappa shape index (κ3) is 2.02. The number of fused-ring (bicyclic) bond motifs is 1. The van der Waals surface area contributed by atoms with Crippen molar-refractivity contribution in [2.75, 3.05) is 0 Å². The molecule has 0 radical (unpaired) electrons. The van der Waals surface area contributed by atoms with E-state index in [0.29, 0.717) is 17.7 Å². The van der Waals surface area contributed by atoms with Crippen LogP contribution in [0.15, 0.2) is 15.9 Å². The molecule has 1 N–H and O–H groups in total. The Morgan fingerprint density at radius 3 is 2.73 bits per heavy atom. The van der Waals surface area contributed by atoms with Gasteiger partial charge >= 0.3 is 57.1 Å². The van der Waals surface area contributed by atoms with E-state index < -0.39 is 11.2 Å². The van der Waals surface area contributed by atoms with E-state index in [9.17, 15) is 9.59 Å². The van der Waals surface area contributed by atoms with Gasteiger partial charge < -0.3 is 4.57 Å². The first-order chi connectivity index (χ1) is 6.65. The Labute approximate surface area is 128 Å². The van der Waals surface area contributed by atoms with Gasteiger partial charge in [-0.05, 0) is 6.92 Å². The van der Waals surface area contributed by atoms with Crippen LogP contribution in [0.2, 0.25) is 0 Å². The van der Waals surface area contributed by atoms with Crippen LogP contribution in [-0.4, -0.2) is 70.5 Å². The third-order valence-corrected chi connectivity index (χ3v) is 2.17. The van der Waals surface area contributed by atoms with Crippen molar-refractivity contribution < 1.29 is 0 Å². The van der Waals surface area contributed by atoms with Crippen molar-refractivity contribution in [3.8, 4) is 0 Å². The van der Waals surface area contributed by atoms with E-state index in [-0.39, 0.29) is 51.4 Å². The van der Waals surface area contributed by atoms with Gasteiger partial charge in [0.05, 0.1) is 6.33 Å². The van der Waals surface area contributed by atoms with E-state index in [1.807, 2.05) is 6.92 Å². The van der Waals surface area contributed by atoms with Crippen molar-refractivity contribution in [3.05, 3.63) is 27.2 Å². The van der Waals surface area contributed by atoms with E-state index in [1.54, 1.807) is 11.6 Å². The molecule has 2 rings (SSSR count). The number of aryl methyl sites for hydroxylation is 2. The Bertz CT molecular complexity index is 595. The van der Waals surface area contributed by atoms with Crippen molar-refractivity contribution in [2.24, 2.45) is 7.05 Å². The monoisotopic (exact) mass is 234 g/mol. The van der Waals surface area contributed by atoms with Crippen LogP contribution in [0.25, 0.3) is 11.2 Å². The molecule has 0 saturated carbocycles. The van der Waals surface area contributed by atoms with Crippen LogP contribution in [0.5, 0.6) is 0 Å². The summed E-state index contributed by atoms with van der Waals surface area (Å²) in [6, 6.07) is 0. The second-order valence-corrected chi connectivity index (χ2v) is 3.03. The maximum atomic E-state index is 11.4. The second kappa shape index (κ2) is 4.75. The van der Waals surface area contributed by atoms with E-state index in [0.717, 1.165) is 0 Å². The summed E-state index contributed by atoms with van der Waals surface area (Å²) in [6.07, 6.45) is 1.52. The molecule has 0 amide bonds. The summed E-state index contributed by atoms with van der Waals surface area (Å²) in [6.45, 7) is 2.32. The Morgan fingerprint density at radius 2 is 2.13 bits per heavy atom. The molecule has 0 aliphatic rings. The number of hydrogen-bond donors (Lipinski definition) is 1. The predicted molar refractivity (Wildman–Crippen MR) is 58.4 cm³/mol. The van der Waals surface area contributed by atoms with Crippen LogP contribution >= 0.6 is 0 Å². The normalized spacial score (nSPS) is 10.3. The molecule has 0 aliphatic carbocycles. The number of nitrogens with zero attached hydrogens (tertiary/aromatic N) is 3. The van der Waals surface area contributed by atoms with Gasteiger partial charge in [0.2, 0.25) is 0 Å². The molecular weight excluding hydrogens is 223 g/mol. The Morgan fingerprint density at radius 1 is 1.47 bits per heavy atom. The first-order valence-corrected chi connectivity index (χ1v) is 4.29. The topological polar surface area (TPSA) is 72.7 Å². The predicted octanol–water partition coefficient (Wildman–Crippen LogP) is -1.21. The van der Waals surface area contributed by atoms with Gasteiger partial charge in [-0.3, -0.25) is 14.3 Å². The molecule has 2 heterocycles. The van der Waals surface area contributed by atoms with Crippen molar-refractivity contribution >= 4 is 62.5 Å². The molecule has 6 nitrogen and oxygen atoms in total. The Kier molecular flexibility index (Phi) is 4.07. The Hall–Kier alpha value is -0.214. The summed E-state index contributed by atoms with van der Waals surface area (Å²) in [7, 11) is 1.72. The van der Waals surface area contributed by atoms with Crippen LogP contribution in [0, 0.1) is 0 Å². The number of aromatic amines is 1. The molecule has 0 bridgehead atoms. The minimum atomic E-state index is -0.413. The van der Waals surface area contributed by atoms with Gasteiger partial charge in [-0.2, -0.15) is 0 Å². The van der Waals surface area contributed by atoms with E-state index in [1.165, 1.54) is 10.9 Å². The number of nitrogens with one attached hydrogen (secondary N) is 1. The van der Waals surface area contributed by atoms with E-state index in [4.69, 9.17) is 0 Å². The molecule has 76 valence electrons. The molecule has 0 saturated heterocycles. The van der Waals surface area contributed by atoms with Gasteiger partial charge in [-0.25, -0.2) is 9.78 Å². The van der Waals surface area contributed by atoms with E-state index >= 15 is 0 Å². The summed E-state index contributed by atoms with van der Waals surface area (Å²) >= 11 is 0. The number of H-pyrrole nitrogens is 1. The van der Waals surface area contributed by atoms with Crippen molar-refractivity contribution in [1.82, 2.24) is 19.1 Å². The molecular formula is C8H11KN4O2. The van der Waals surface area contributed by atoms with Gasteiger partial charge in [0.15, 0.2) is 11.2 Å². The van der Waals surface area contributed by atoms with Crippen molar-refractivity contribution in [1.29, 1.82) is 0 Å². The summed E-state index contributed by atoms with van der Waals surface area (Å²) < 4.78 is 3.02. The van der Waals surface area contributed by atoms with Crippen LogP contribution < -0.4 is 11.2 Å². The fraction of sp³-hybridized carbons (Fsp3) is 0.375. The number of rotatable bonds is 1. The van der Waals surface area contributed by atoms with Crippen LogP contribution in [0.4, 0.5) is 0 Å². The van der Waals surface area contributed by atoms with E-state index in [2.05, 4.69) is 9.97 Å². The first-order valence-electron chi connectivity index (χ1n) is 4.29. The quantitative estimate of drug-likeness (QED) is 0.630. The summed E-state index contributed by atoms with van der Waals surface area (Å²) in [4.78, 5) is 29.0. The fourth-order valence-electron chi connectivity index (χ4n) is 1.49. The van der Waals surface area contributed by atoms with Crippen LogP contribution in [0.3, 0.4) is 0 Å². The van der Waals surface area contributed by atoms with Crippen molar-refractivity contribution in [2.45, 2.75) is 13.5 Å². The molecule has 0 atom stereocenters. The molecule has 0 unspecified atom stereocenters. The number of hydrogen-bond acceptors (Lipinski definition) is 3. The fourth-order valence-corrected chi connectivity index (χ4v) is 1.49. The molecule has 0 aliphatic heterocycles. The van der Waals surface area contributed by atoms with Gasteiger partial charge in [-0.1, -0.05) is 0 Å². The second-order valence-electron chi connectivity index (χ2n) is 3.03. The van der Waals surface area contributed by atoms with Gasteiger partial charge in [0, 0.05) is 13.6 Å². The molecule has 2 aromatic heterocycles. The number of aromatic nitrogens is 4. The average molecular weight is 234 g/mol.